The van der Waals surface area contributed by atoms with E-state index in [9.17, 15) is 31.1 Å². The van der Waals surface area contributed by atoms with Crippen molar-refractivity contribution in [1.29, 1.82) is 0 Å². The molecule has 24 heavy (non-hydrogen) atoms. The Bertz CT molecular complexity index is 719. The van der Waals surface area contributed by atoms with E-state index >= 15 is 0 Å². The summed E-state index contributed by atoms with van der Waals surface area (Å²) in [5, 5.41) is 8.43. The number of carboxylic acid groups (broad SMARTS) is 1. The first-order chi connectivity index (χ1) is 11.0. The molecular formula is C13H8F6N2O3. The maximum Gasteiger partial charge on any atom is 0.416 e. The number of hydrogen-bond acceptors (Lipinski definition) is 3. The second kappa shape index (κ2) is 6.06. The molecule has 0 amide bonds. The lowest BCUT2D eigenvalue weighted by molar-refractivity contribution is -0.143. The van der Waals surface area contributed by atoms with Crippen molar-refractivity contribution >= 4 is 5.97 Å². The summed E-state index contributed by atoms with van der Waals surface area (Å²) in [6.07, 6.45) is -9.01. The number of alkyl halides is 6. The van der Waals surface area contributed by atoms with Crippen LogP contribution in [0.3, 0.4) is 0 Å². The summed E-state index contributed by atoms with van der Waals surface area (Å²) in [5.74, 6) is -1.33. The molecule has 2 rings (SSSR count). The summed E-state index contributed by atoms with van der Waals surface area (Å²) in [5.41, 5.74) is -3.56. The Morgan fingerprint density at radius 3 is 2.08 bits per heavy atom. The zero-order valence-corrected chi connectivity index (χ0v) is 11.5. The highest BCUT2D eigenvalue weighted by Gasteiger charge is 2.37. The fraction of sp³-hybridized carbons (Fsp3) is 0.231. The van der Waals surface area contributed by atoms with Gasteiger partial charge in [-0.1, -0.05) is 0 Å². The number of ether oxygens (including phenoxy) is 1. The van der Waals surface area contributed by atoms with Crippen molar-refractivity contribution in [3.05, 3.63) is 35.5 Å². The monoisotopic (exact) mass is 354 g/mol. The van der Waals surface area contributed by atoms with Crippen molar-refractivity contribution in [3.63, 3.8) is 0 Å². The van der Waals surface area contributed by atoms with Crippen LogP contribution in [0, 0.1) is 0 Å². The van der Waals surface area contributed by atoms with Gasteiger partial charge in [-0.15, -0.1) is 0 Å². The first-order valence-electron chi connectivity index (χ1n) is 6.16. The summed E-state index contributed by atoms with van der Waals surface area (Å²) >= 11 is 0. The first-order valence-corrected chi connectivity index (χ1v) is 6.16. The summed E-state index contributed by atoms with van der Waals surface area (Å²) in [6, 6.07) is 0.688. The van der Waals surface area contributed by atoms with Crippen molar-refractivity contribution < 1.29 is 41.0 Å². The number of benzene rings is 1. The number of rotatable bonds is 4. The number of aromatic nitrogens is 2. The van der Waals surface area contributed by atoms with Crippen LogP contribution in [0.25, 0.3) is 11.3 Å². The number of hydrogen-bond donors (Lipinski definition) is 2. The maximum atomic E-state index is 12.8. The number of imidazole rings is 1. The molecule has 0 fully saturated rings. The highest BCUT2D eigenvalue weighted by Crippen LogP contribution is 2.38. The Labute approximate surface area is 129 Å². The normalized spacial score (nSPS) is 12.2. The summed E-state index contributed by atoms with van der Waals surface area (Å²) in [7, 11) is 0. The van der Waals surface area contributed by atoms with Crippen LogP contribution < -0.4 is 4.74 Å². The van der Waals surface area contributed by atoms with E-state index in [1.54, 1.807) is 0 Å². The molecule has 0 aliphatic rings. The fourth-order valence-corrected chi connectivity index (χ4v) is 1.76. The lowest BCUT2D eigenvalue weighted by Gasteiger charge is -2.13. The van der Waals surface area contributed by atoms with E-state index in [0.29, 0.717) is 12.1 Å². The standard InChI is InChI=1S/C13H8F6N2O3/c14-12(15,16)7-1-6(2-8(3-7)13(17,18)19)9-4-20-11(21-9)24-5-10(22)23/h1-4H,5H2,(H,20,21)(H,22,23). The Balaban J connectivity index is 2.44. The molecule has 1 heterocycles. The van der Waals surface area contributed by atoms with Crippen LogP contribution in [0.1, 0.15) is 11.1 Å². The van der Waals surface area contributed by atoms with E-state index in [1.807, 2.05) is 0 Å². The van der Waals surface area contributed by atoms with Gasteiger partial charge in [-0.05, 0) is 18.2 Å². The molecule has 0 aliphatic carbocycles. The Morgan fingerprint density at radius 1 is 1.08 bits per heavy atom. The Hall–Kier alpha value is -2.72. The van der Waals surface area contributed by atoms with Gasteiger partial charge in [0.1, 0.15) is 0 Å². The molecule has 0 unspecified atom stereocenters. The average Bonchev–Trinajstić information content (AvgIpc) is 2.91. The molecule has 2 aromatic rings. The third-order valence-electron chi connectivity index (χ3n) is 2.78. The largest absolute Gasteiger partial charge is 0.479 e. The van der Waals surface area contributed by atoms with Crippen LogP contribution in [-0.2, 0) is 17.1 Å². The number of halogens is 6. The number of carboxylic acids is 1. The van der Waals surface area contributed by atoms with Crippen molar-refractivity contribution in [3.8, 4) is 17.3 Å². The van der Waals surface area contributed by atoms with Crippen molar-refractivity contribution in [2.24, 2.45) is 0 Å². The minimum absolute atomic E-state index is 0.00169. The molecule has 0 radical (unpaired) electrons. The highest BCUT2D eigenvalue weighted by atomic mass is 19.4. The summed E-state index contributed by atoms with van der Waals surface area (Å²) < 4.78 is 81.4. The molecule has 11 heteroatoms. The van der Waals surface area contributed by atoms with Gasteiger partial charge in [0, 0.05) is 5.56 Å². The van der Waals surface area contributed by atoms with Gasteiger partial charge in [-0.3, -0.25) is 0 Å². The molecule has 1 aromatic carbocycles. The maximum absolute atomic E-state index is 12.8. The lowest BCUT2D eigenvalue weighted by Crippen LogP contribution is -2.11. The third kappa shape index (κ3) is 4.18. The minimum atomic E-state index is -4.97. The van der Waals surface area contributed by atoms with Crippen molar-refractivity contribution in [1.82, 2.24) is 9.97 Å². The predicted octanol–water partition coefficient (Wildman–Crippen LogP) is 3.58. The van der Waals surface area contributed by atoms with Gasteiger partial charge in [-0.2, -0.15) is 26.3 Å². The highest BCUT2D eigenvalue weighted by molar-refractivity contribution is 5.68. The topological polar surface area (TPSA) is 75.2 Å². The van der Waals surface area contributed by atoms with E-state index in [4.69, 9.17) is 5.11 Å². The number of aromatic amines is 1. The van der Waals surface area contributed by atoms with E-state index < -0.39 is 41.6 Å². The smallest absolute Gasteiger partial charge is 0.416 e. The quantitative estimate of drug-likeness (QED) is 0.823. The SMILES string of the molecule is O=C(O)COc1ncc(-c2cc(C(F)(F)F)cc(C(F)(F)F)c2)[nH]1. The van der Waals surface area contributed by atoms with Crippen LogP contribution >= 0.6 is 0 Å². The van der Waals surface area contributed by atoms with Crippen LogP contribution in [0.15, 0.2) is 24.4 Å². The van der Waals surface area contributed by atoms with Crippen molar-refractivity contribution in [2.45, 2.75) is 12.4 Å². The molecule has 1 aromatic heterocycles. The van der Waals surface area contributed by atoms with E-state index in [1.165, 1.54) is 0 Å². The van der Waals surface area contributed by atoms with Crippen molar-refractivity contribution in [2.75, 3.05) is 6.61 Å². The second-order valence-electron chi connectivity index (χ2n) is 4.58. The summed E-state index contributed by atoms with van der Waals surface area (Å²) in [4.78, 5) is 16.2. The predicted molar refractivity (Wildman–Crippen MR) is 67.2 cm³/mol. The van der Waals surface area contributed by atoms with E-state index in [-0.39, 0.29) is 17.8 Å². The molecule has 2 N–H and O–H groups in total. The zero-order valence-electron chi connectivity index (χ0n) is 11.5. The molecule has 130 valence electrons. The zero-order chi connectivity index (χ0) is 18.1. The fourth-order valence-electron chi connectivity index (χ4n) is 1.76. The molecule has 0 spiro atoms. The van der Waals surface area contributed by atoms with Crippen LogP contribution in [-0.4, -0.2) is 27.7 Å². The molecule has 5 nitrogen and oxygen atoms in total. The van der Waals surface area contributed by atoms with Crippen LogP contribution in [0.4, 0.5) is 26.3 Å². The molecule has 0 saturated heterocycles. The minimum Gasteiger partial charge on any atom is -0.479 e. The second-order valence-corrected chi connectivity index (χ2v) is 4.58. The van der Waals surface area contributed by atoms with Gasteiger partial charge in [0.2, 0.25) is 0 Å². The Kier molecular flexibility index (Phi) is 4.45. The molecule has 0 aliphatic heterocycles. The lowest BCUT2D eigenvalue weighted by atomic mass is 10.0. The van der Waals surface area contributed by atoms with Gasteiger partial charge < -0.3 is 14.8 Å². The molecule has 0 atom stereocenters. The van der Waals surface area contributed by atoms with Gasteiger partial charge >= 0.3 is 18.3 Å². The number of H-pyrrole nitrogens is 1. The summed E-state index contributed by atoms with van der Waals surface area (Å²) in [6.45, 7) is -0.774. The van der Waals surface area contributed by atoms with Gasteiger partial charge in [0.05, 0.1) is 23.0 Å². The molecular weight excluding hydrogens is 346 g/mol. The van der Waals surface area contributed by atoms with Gasteiger partial charge in [0.15, 0.2) is 6.61 Å². The Morgan fingerprint density at radius 2 is 1.62 bits per heavy atom. The van der Waals surface area contributed by atoms with Gasteiger partial charge in [0.25, 0.3) is 6.01 Å². The average molecular weight is 354 g/mol. The van der Waals surface area contributed by atoms with Crippen LogP contribution in [0.5, 0.6) is 6.01 Å². The molecule has 0 saturated carbocycles. The van der Waals surface area contributed by atoms with Gasteiger partial charge in [-0.25, -0.2) is 9.78 Å². The first kappa shape index (κ1) is 17.6. The third-order valence-corrected chi connectivity index (χ3v) is 2.78. The van der Waals surface area contributed by atoms with E-state index in [2.05, 4.69) is 14.7 Å². The van der Waals surface area contributed by atoms with Crippen LogP contribution in [0.2, 0.25) is 0 Å². The molecule has 0 bridgehead atoms. The number of nitrogens with zero attached hydrogens (tertiary/aromatic N) is 1. The number of aliphatic carboxylic acids is 1. The number of carbonyl (C=O) groups is 1. The van der Waals surface area contributed by atoms with E-state index in [0.717, 1.165) is 6.20 Å². The number of nitrogens with one attached hydrogen (secondary N) is 1.